The van der Waals surface area contributed by atoms with E-state index in [2.05, 4.69) is 43.4 Å². The summed E-state index contributed by atoms with van der Waals surface area (Å²) in [7, 11) is 4.62. The number of benzene rings is 8. The fourth-order valence-corrected chi connectivity index (χ4v) is 12.5. The Bertz CT molecular complexity index is 3640. The summed E-state index contributed by atoms with van der Waals surface area (Å²) < 4.78 is 115. The highest BCUT2D eigenvalue weighted by Crippen LogP contribution is 2.62. The Morgan fingerprint density at radius 3 is 1.82 bits per heavy atom. The Labute approximate surface area is 476 Å². The van der Waals surface area contributed by atoms with Gasteiger partial charge >= 0.3 is 12.4 Å². The summed E-state index contributed by atoms with van der Waals surface area (Å²) in [6, 6.07) is 40.8. The van der Waals surface area contributed by atoms with Gasteiger partial charge in [0.25, 0.3) is 5.91 Å². The predicted molar refractivity (Wildman–Crippen MR) is 315 cm³/mol. The van der Waals surface area contributed by atoms with E-state index in [-0.39, 0.29) is 34.4 Å². The maximum atomic E-state index is 15.4. The minimum atomic E-state index is -5.14. The lowest BCUT2D eigenvalue weighted by Gasteiger charge is -2.38. The number of halogens is 6. The van der Waals surface area contributed by atoms with Crippen molar-refractivity contribution in [2.45, 2.75) is 109 Å². The van der Waals surface area contributed by atoms with Gasteiger partial charge in [-0.15, -0.1) is 0 Å². The van der Waals surface area contributed by atoms with E-state index in [9.17, 15) is 18.0 Å². The van der Waals surface area contributed by atoms with Crippen LogP contribution in [0.15, 0.2) is 146 Å². The molecule has 0 fully saturated rings. The molecule has 0 radical (unpaired) electrons. The molecule has 0 saturated carbocycles. The van der Waals surface area contributed by atoms with Gasteiger partial charge < -0.3 is 24.3 Å². The normalized spacial score (nSPS) is 14.4. The Kier molecular flexibility index (Phi) is 15.9. The van der Waals surface area contributed by atoms with Crippen molar-refractivity contribution >= 4 is 28.4 Å². The molecule has 1 aliphatic heterocycles. The van der Waals surface area contributed by atoms with Crippen LogP contribution in [0.4, 0.5) is 32.0 Å². The standard InChI is InChI=1S/C70H67F6NO5/c1-9-11-12-14-43(13-10-2)15-16-44-17-19-45(20-18-44)46-21-23-47(24-22-46)66(78)77-51-29-34-54(42(3)37-51)56-40-57-58(41-61(56)81-8)65-55(64-62(57)59-38-50(69(71,72)73)39-60(70(74,75)76)63(59)67(64,4)5)35-36-68(82-65,48-25-30-52(79-6)31-26-48)49-27-32-53(80-7)33-28-49/h17-41,43H,9-16H2,1-8H3,(H,77,78). The first-order valence-electron chi connectivity index (χ1n) is 28.1. The van der Waals surface area contributed by atoms with Gasteiger partial charge in [0.05, 0.1) is 32.5 Å². The van der Waals surface area contributed by atoms with E-state index in [1.54, 1.807) is 88.7 Å². The summed E-state index contributed by atoms with van der Waals surface area (Å²) in [5.41, 5.74) is 2.53. The van der Waals surface area contributed by atoms with Crippen LogP contribution in [0.5, 0.6) is 23.0 Å². The second-order valence-electron chi connectivity index (χ2n) is 22.2. The van der Waals surface area contributed by atoms with Crippen molar-refractivity contribution in [1.82, 2.24) is 0 Å². The number of ether oxygens (including phenoxy) is 4. The second kappa shape index (κ2) is 22.7. The summed E-state index contributed by atoms with van der Waals surface area (Å²) >= 11 is 0. The highest BCUT2D eigenvalue weighted by atomic mass is 19.4. The molecule has 82 heavy (non-hydrogen) atoms. The Morgan fingerprint density at radius 1 is 0.622 bits per heavy atom. The molecule has 1 aliphatic carbocycles. The summed E-state index contributed by atoms with van der Waals surface area (Å²) in [5.74, 6) is 2.28. The molecule has 0 aromatic heterocycles. The van der Waals surface area contributed by atoms with Gasteiger partial charge in [0, 0.05) is 44.3 Å². The molecule has 1 amide bonds. The van der Waals surface area contributed by atoms with Gasteiger partial charge in [0.2, 0.25) is 0 Å². The first-order chi connectivity index (χ1) is 39.2. The number of methoxy groups -OCH3 is 3. The molecule has 8 aromatic rings. The van der Waals surface area contributed by atoms with Crippen molar-refractivity contribution in [3.8, 4) is 56.4 Å². The van der Waals surface area contributed by atoms with Crippen LogP contribution in [0.3, 0.4) is 0 Å². The van der Waals surface area contributed by atoms with Crippen LogP contribution in [0.25, 0.3) is 50.2 Å². The Balaban J connectivity index is 1.04. The second-order valence-corrected chi connectivity index (χ2v) is 22.2. The SMILES string of the molecule is CCCCCC(CCC)CCc1ccc(-c2ccc(C(=O)Nc3ccc(-c4cc5c6c(c7c(c5cc4OC)OC(c4ccc(OC)cc4)(c4ccc(OC)cc4)C=C7)C(C)(C)c4c-6cc(C(F)(F)F)cc4C(F)(F)F)c(C)c3)cc2)cc1. The smallest absolute Gasteiger partial charge is 0.416 e. The zero-order chi connectivity index (χ0) is 58.3. The summed E-state index contributed by atoms with van der Waals surface area (Å²) in [5, 5.41) is 3.78. The maximum Gasteiger partial charge on any atom is 0.416 e. The van der Waals surface area contributed by atoms with Crippen LogP contribution in [-0.4, -0.2) is 27.2 Å². The van der Waals surface area contributed by atoms with Gasteiger partial charge in [-0.2, -0.15) is 26.3 Å². The van der Waals surface area contributed by atoms with Crippen molar-refractivity contribution in [2.75, 3.05) is 26.6 Å². The fraction of sp³-hybridized carbons (Fsp3) is 0.300. The molecule has 424 valence electrons. The third kappa shape index (κ3) is 10.8. The molecular weight excluding hydrogens is 1050 g/mol. The van der Waals surface area contributed by atoms with E-state index in [4.69, 9.17) is 18.9 Å². The van der Waals surface area contributed by atoms with Crippen LogP contribution in [0.1, 0.15) is 133 Å². The molecule has 6 nitrogen and oxygen atoms in total. The molecule has 8 aromatic carbocycles. The highest BCUT2D eigenvalue weighted by molar-refractivity contribution is 6.11. The van der Waals surface area contributed by atoms with Crippen LogP contribution >= 0.6 is 0 Å². The van der Waals surface area contributed by atoms with Crippen molar-refractivity contribution in [1.29, 1.82) is 0 Å². The lowest BCUT2D eigenvalue weighted by atomic mass is 9.75. The molecule has 1 N–H and O–H groups in total. The third-order valence-corrected chi connectivity index (χ3v) is 16.7. The monoisotopic (exact) mass is 1120 g/mol. The van der Waals surface area contributed by atoms with Gasteiger partial charge in [-0.1, -0.05) is 139 Å². The first-order valence-corrected chi connectivity index (χ1v) is 28.1. The molecule has 0 bridgehead atoms. The minimum absolute atomic E-state index is 0.179. The molecule has 12 heteroatoms. The van der Waals surface area contributed by atoms with Gasteiger partial charge in [-0.3, -0.25) is 4.79 Å². The largest absolute Gasteiger partial charge is 0.497 e. The predicted octanol–water partition coefficient (Wildman–Crippen LogP) is 19.4. The molecule has 0 saturated heterocycles. The number of unbranched alkanes of at least 4 members (excludes halogenated alkanes) is 2. The minimum Gasteiger partial charge on any atom is -0.497 e. The van der Waals surface area contributed by atoms with Gasteiger partial charge in [-0.25, -0.2) is 0 Å². The molecule has 0 spiro atoms. The van der Waals surface area contributed by atoms with Crippen LogP contribution in [-0.2, 0) is 29.8 Å². The number of carbonyl (C=O) groups excluding carboxylic acids is 1. The Morgan fingerprint density at radius 2 is 1.26 bits per heavy atom. The van der Waals surface area contributed by atoms with E-state index in [1.807, 2.05) is 61.5 Å². The van der Waals surface area contributed by atoms with Crippen molar-refractivity contribution in [3.63, 3.8) is 0 Å². The number of amides is 1. The van der Waals surface area contributed by atoms with E-state index < -0.39 is 34.5 Å². The number of hydrogen-bond acceptors (Lipinski definition) is 5. The maximum absolute atomic E-state index is 15.4. The number of fused-ring (bicyclic) bond motifs is 8. The molecule has 1 unspecified atom stereocenters. The topological polar surface area (TPSA) is 66.0 Å². The molecule has 10 rings (SSSR count). The van der Waals surface area contributed by atoms with Crippen LogP contribution in [0.2, 0.25) is 0 Å². The highest BCUT2D eigenvalue weighted by Gasteiger charge is 2.50. The fourth-order valence-electron chi connectivity index (χ4n) is 12.5. The summed E-state index contributed by atoms with van der Waals surface area (Å²) in [6.07, 6.45) is 3.25. The van der Waals surface area contributed by atoms with E-state index in [1.165, 1.54) is 57.6 Å². The zero-order valence-corrected chi connectivity index (χ0v) is 47.5. The number of nitrogens with one attached hydrogen (secondary N) is 1. The number of hydrogen-bond donors (Lipinski definition) is 1. The lowest BCUT2D eigenvalue weighted by Crippen LogP contribution is -2.35. The quantitative estimate of drug-likeness (QED) is 0.0685. The number of aryl methyl sites for hydroxylation is 2. The molecule has 1 heterocycles. The van der Waals surface area contributed by atoms with Gasteiger partial charge in [0.15, 0.2) is 5.60 Å². The average Bonchev–Trinajstić information content (AvgIpc) is 1.62. The number of anilines is 1. The summed E-state index contributed by atoms with van der Waals surface area (Å²) in [6.45, 7) is 9.60. The van der Waals surface area contributed by atoms with E-state index in [0.717, 1.165) is 29.5 Å². The zero-order valence-electron chi connectivity index (χ0n) is 47.5. The number of carbonyl (C=O) groups is 1. The molecule has 2 aliphatic rings. The van der Waals surface area contributed by atoms with Crippen molar-refractivity contribution in [2.24, 2.45) is 5.92 Å². The molecular formula is C70H67F6NO5. The Hall–Kier alpha value is -7.99. The number of rotatable bonds is 18. The van der Waals surface area contributed by atoms with Gasteiger partial charge in [-0.05, 0) is 160 Å². The first kappa shape index (κ1) is 57.3. The van der Waals surface area contributed by atoms with Gasteiger partial charge in [0.1, 0.15) is 23.0 Å². The van der Waals surface area contributed by atoms with Crippen molar-refractivity contribution in [3.05, 3.63) is 201 Å². The third-order valence-electron chi connectivity index (χ3n) is 16.7. The van der Waals surface area contributed by atoms with E-state index >= 15 is 13.2 Å². The number of alkyl halides is 6. The lowest BCUT2D eigenvalue weighted by molar-refractivity contribution is -0.143. The van der Waals surface area contributed by atoms with Crippen molar-refractivity contribution < 1.29 is 50.1 Å². The average molecular weight is 1120 g/mol. The molecule has 1 atom stereocenters. The van der Waals surface area contributed by atoms with Crippen LogP contribution in [0, 0.1) is 12.8 Å². The van der Waals surface area contributed by atoms with Crippen LogP contribution < -0.4 is 24.3 Å². The summed E-state index contributed by atoms with van der Waals surface area (Å²) in [4.78, 5) is 13.8. The van der Waals surface area contributed by atoms with E-state index in [0.29, 0.717) is 78.2 Å².